The fourth-order valence-electron chi connectivity index (χ4n) is 3.21. The van der Waals surface area contributed by atoms with Crippen LogP contribution in [0.1, 0.15) is 0 Å². The molecule has 0 bridgehead atoms. The van der Waals surface area contributed by atoms with Crippen LogP contribution < -0.4 is 4.74 Å². The SMILES string of the molecule is COc1nnc(-c2ncnc3ccc(-c4c[nH]nc4-c4c(F)cccc4F)cc23)o1. The molecule has 5 rings (SSSR count). The maximum absolute atomic E-state index is 14.3. The zero-order valence-corrected chi connectivity index (χ0v) is 15.4. The van der Waals surface area contributed by atoms with Gasteiger partial charge in [0.25, 0.3) is 5.89 Å². The van der Waals surface area contributed by atoms with Gasteiger partial charge in [0.15, 0.2) is 0 Å². The minimum absolute atomic E-state index is 0.0000608. The number of methoxy groups -OCH3 is 1. The molecule has 3 heterocycles. The van der Waals surface area contributed by atoms with E-state index in [0.29, 0.717) is 27.7 Å². The molecule has 0 saturated carbocycles. The third-order valence-electron chi connectivity index (χ3n) is 4.57. The van der Waals surface area contributed by atoms with Gasteiger partial charge in [-0.05, 0) is 29.8 Å². The summed E-state index contributed by atoms with van der Waals surface area (Å²) in [6, 6.07) is 8.99. The maximum Gasteiger partial charge on any atom is 0.414 e. The molecule has 148 valence electrons. The molecule has 0 atom stereocenters. The lowest BCUT2D eigenvalue weighted by atomic mass is 9.99. The molecule has 0 aliphatic rings. The molecule has 0 spiro atoms. The van der Waals surface area contributed by atoms with Crippen molar-refractivity contribution in [3.8, 4) is 40.0 Å². The minimum Gasteiger partial charge on any atom is -0.452 e. The van der Waals surface area contributed by atoms with Crippen molar-refractivity contribution in [2.45, 2.75) is 0 Å². The number of H-pyrrole nitrogens is 1. The highest BCUT2D eigenvalue weighted by molar-refractivity contribution is 5.94. The molecule has 0 unspecified atom stereocenters. The molecule has 30 heavy (non-hydrogen) atoms. The van der Waals surface area contributed by atoms with E-state index in [1.54, 1.807) is 24.4 Å². The second-order valence-corrected chi connectivity index (χ2v) is 6.28. The summed E-state index contributed by atoms with van der Waals surface area (Å²) in [5.41, 5.74) is 2.14. The van der Waals surface area contributed by atoms with E-state index in [0.717, 1.165) is 0 Å². The fourth-order valence-corrected chi connectivity index (χ4v) is 3.21. The molecule has 0 saturated heterocycles. The molecule has 0 amide bonds. The van der Waals surface area contributed by atoms with Gasteiger partial charge in [0.05, 0.1) is 18.2 Å². The Morgan fingerprint density at radius 1 is 1.00 bits per heavy atom. The van der Waals surface area contributed by atoms with Crippen LogP contribution in [-0.4, -0.2) is 37.5 Å². The van der Waals surface area contributed by atoms with E-state index in [1.807, 2.05) is 0 Å². The third-order valence-corrected chi connectivity index (χ3v) is 4.57. The van der Waals surface area contributed by atoms with E-state index in [-0.39, 0.29) is 23.2 Å². The third kappa shape index (κ3) is 2.85. The minimum atomic E-state index is -0.703. The average Bonchev–Trinajstić information content (AvgIpc) is 3.43. The Bertz CT molecular complexity index is 1360. The second kappa shape index (κ2) is 6.99. The van der Waals surface area contributed by atoms with Gasteiger partial charge in [-0.2, -0.15) is 5.10 Å². The van der Waals surface area contributed by atoms with Crippen LogP contribution in [0.4, 0.5) is 8.78 Å². The van der Waals surface area contributed by atoms with Gasteiger partial charge in [0.1, 0.15) is 29.3 Å². The normalized spacial score (nSPS) is 11.2. The number of nitrogens with one attached hydrogen (secondary N) is 1. The topological polar surface area (TPSA) is 103 Å². The Hall–Kier alpha value is -4.21. The molecule has 0 fully saturated rings. The van der Waals surface area contributed by atoms with E-state index in [9.17, 15) is 8.78 Å². The predicted molar refractivity (Wildman–Crippen MR) is 102 cm³/mol. The van der Waals surface area contributed by atoms with Crippen molar-refractivity contribution in [2.75, 3.05) is 7.11 Å². The molecule has 0 aliphatic heterocycles. The van der Waals surface area contributed by atoms with Crippen molar-refractivity contribution in [1.29, 1.82) is 0 Å². The largest absolute Gasteiger partial charge is 0.452 e. The maximum atomic E-state index is 14.3. The van der Waals surface area contributed by atoms with Gasteiger partial charge < -0.3 is 9.15 Å². The molecular weight excluding hydrogens is 394 g/mol. The number of ether oxygens (including phenoxy) is 1. The van der Waals surface area contributed by atoms with E-state index in [2.05, 4.69) is 30.4 Å². The summed E-state index contributed by atoms with van der Waals surface area (Å²) in [6.45, 7) is 0. The summed E-state index contributed by atoms with van der Waals surface area (Å²) in [6.07, 6.45) is 2.95. The standard InChI is InChI=1S/C20H12F2N6O2/c1-29-20-28-27-19(30-20)18-11-7-10(5-6-15(11)23-9-24-18)12-8-25-26-17(12)16-13(21)3-2-4-14(16)22/h2-9H,1H3,(H,25,26). The Kier molecular flexibility index (Phi) is 4.16. The lowest BCUT2D eigenvalue weighted by Crippen LogP contribution is -1.93. The monoisotopic (exact) mass is 406 g/mol. The van der Waals surface area contributed by atoms with E-state index < -0.39 is 11.6 Å². The van der Waals surface area contributed by atoms with Gasteiger partial charge in [-0.1, -0.05) is 17.2 Å². The molecule has 3 aromatic heterocycles. The number of rotatable bonds is 4. The van der Waals surface area contributed by atoms with Crippen molar-refractivity contribution in [1.82, 2.24) is 30.4 Å². The number of benzene rings is 2. The molecule has 8 nitrogen and oxygen atoms in total. The van der Waals surface area contributed by atoms with Gasteiger partial charge in [0, 0.05) is 17.1 Å². The smallest absolute Gasteiger partial charge is 0.414 e. The van der Waals surface area contributed by atoms with Gasteiger partial charge in [0.2, 0.25) is 0 Å². The Labute approximate surface area is 167 Å². The number of hydrogen-bond donors (Lipinski definition) is 1. The van der Waals surface area contributed by atoms with Crippen LogP contribution in [-0.2, 0) is 0 Å². The molecule has 5 aromatic rings. The molecule has 0 aliphatic carbocycles. The number of aromatic amines is 1. The molecule has 0 radical (unpaired) electrons. The quantitative estimate of drug-likeness (QED) is 0.481. The van der Waals surface area contributed by atoms with Gasteiger partial charge >= 0.3 is 6.08 Å². The number of fused-ring (bicyclic) bond motifs is 1. The first-order chi connectivity index (χ1) is 14.7. The van der Waals surface area contributed by atoms with E-state index >= 15 is 0 Å². The van der Waals surface area contributed by atoms with E-state index in [4.69, 9.17) is 9.15 Å². The zero-order chi connectivity index (χ0) is 20.7. The van der Waals surface area contributed by atoms with Crippen LogP contribution in [0.3, 0.4) is 0 Å². The summed E-state index contributed by atoms with van der Waals surface area (Å²) >= 11 is 0. The first-order valence-electron chi connectivity index (χ1n) is 8.77. The van der Waals surface area contributed by atoms with Crippen LogP contribution >= 0.6 is 0 Å². The summed E-state index contributed by atoms with van der Waals surface area (Å²) in [7, 11) is 1.41. The first-order valence-corrected chi connectivity index (χ1v) is 8.77. The van der Waals surface area contributed by atoms with Crippen LogP contribution in [0.25, 0.3) is 44.9 Å². The van der Waals surface area contributed by atoms with Gasteiger partial charge in [-0.3, -0.25) is 5.10 Å². The summed E-state index contributed by atoms with van der Waals surface area (Å²) < 4.78 is 39.0. The Balaban J connectivity index is 1.69. The van der Waals surface area contributed by atoms with Crippen molar-refractivity contribution in [3.63, 3.8) is 0 Å². The number of aromatic nitrogens is 6. The summed E-state index contributed by atoms with van der Waals surface area (Å²) in [5.74, 6) is -1.25. The van der Waals surface area contributed by atoms with Crippen LogP contribution in [0.15, 0.2) is 53.3 Å². The highest BCUT2D eigenvalue weighted by atomic mass is 19.1. The molecule has 10 heteroatoms. The summed E-state index contributed by atoms with van der Waals surface area (Å²) in [5, 5.41) is 15.1. The lowest BCUT2D eigenvalue weighted by molar-refractivity contribution is 0.293. The van der Waals surface area contributed by atoms with Crippen molar-refractivity contribution >= 4 is 10.9 Å². The van der Waals surface area contributed by atoms with Crippen molar-refractivity contribution < 1.29 is 17.9 Å². The second-order valence-electron chi connectivity index (χ2n) is 6.28. The predicted octanol–water partition coefficient (Wildman–Crippen LogP) is 4.02. The zero-order valence-electron chi connectivity index (χ0n) is 15.4. The highest BCUT2D eigenvalue weighted by Gasteiger charge is 2.20. The number of halogens is 2. The van der Waals surface area contributed by atoms with Gasteiger partial charge in [-0.15, -0.1) is 5.10 Å². The molecular formula is C20H12F2N6O2. The van der Waals surface area contributed by atoms with E-state index in [1.165, 1.54) is 31.6 Å². The first kappa shape index (κ1) is 17.9. The number of nitrogens with zero attached hydrogens (tertiary/aromatic N) is 5. The fraction of sp³-hybridized carbons (Fsp3) is 0.0500. The molecule has 2 aromatic carbocycles. The van der Waals surface area contributed by atoms with Crippen LogP contribution in [0.2, 0.25) is 0 Å². The molecule has 1 N–H and O–H groups in total. The number of hydrogen-bond acceptors (Lipinski definition) is 7. The van der Waals surface area contributed by atoms with Crippen LogP contribution in [0, 0.1) is 11.6 Å². The average molecular weight is 406 g/mol. The van der Waals surface area contributed by atoms with Crippen molar-refractivity contribution in [3.05, 3.63) is 60.6 Å². The van der Waals surface area contributed by atoms with Crippen LogP contribution in [0.5, 0.6) is 6.08 Å². The van der Waals surface area contributed by atoms with Gasteiger partial charge in [-0.25, -0.2) is 18.7 Å². The highest BCUT2D eigenvalue weighted by Crippen LogP contribution is 2.36. The lowest BCUT2D eigenvalue weighted by Gasteiger charge is -2.07. The Morgan fingerprint density at radius 2 is 1.83 bits per heavy atom. The summed E-state index contributed by atoms with van der Waals surface area (Å²) in [4.78, 5) is 8.50. The Morgan fingerprint density at radius 3 is 2.60 bits per heavy atom. The van der Waals surface area contributed by atoms with Crippen molar-refractivity contribution in [2.24, 2.45) is 0 Å².